The van der Waals surface area contributed by atoms with Crippen LogP contribution in [-0.2, 0) is 32.0 Å². The summed E-state index contributed by atoms with van der Waals surface area (Å²) in [6.45, 7) is 1.71. The highest BCUT2D eigenvalue weighted by molar-refractivity contribution is 5.94. The monoisotopic (exact) mass is 521 g/mol. The fourth-order valence-electron chi connectivity index (χ4n) is 3.44. The first-order chi connectivity index (χ1) is 17.6. The van der Waals surface area contributed by atoms with Crippen LogP contribution in [0.5, 0.6) is 0 Å². The third kappa shape index (κ3) is 9.63. The van der Waals surface area contributed by atoms with E-state index < -0.39 is 54.0 Å². The number of nitrogens with two attached hydrogens (primary N) is 2. The minimum atomic E-state index is -1.28. The van der Waals surface area contributed by atoms with E-state index in [4.69, 9.17) is 11.5 Å². The number of nitrogens with zero attached hydrogens (tertiary/aromatic N) is 2. The fraction of sp³-hybridized carbons (Fsp3) is 0.545. The number of hydrogen-bond acceptors (Lipinski definition) is 9. The molecule has 2 rings (SSSR count). The number of aliphatic hydroxyl groups excluding tert-OH is 1. The number of aromatic amines is 2. The molecule has 0 bridgehead atoms. The summed E-state index contributed by atoms with van der Waals surface area (Å²) in [6, 6.07) is -4.82. The maximum absolute atomic E-state index is 13.2. The number of H-pyrrole nitrogens is 2. The van der Waals surface area contributed by atoms with Crippen molar-refractivity contribution in [3.05, 3.63) is 36.4 Å². The van der Waals surface area contributed by atoms with Crippen LogP contribution in [0.15, 0.2) is 25.0 Å². The SMILES string of the molecule is CC(O)C(N)C(=O)NC(Cc1cnc[nH]1)C(=O)NC(CCCCN)C(=O)NC(Cc1cnc[nH]1)C(=O)O. The van der Waals surface area contributed by atoms with Gasteiger partial charge < -0.3 is 47.6 Å². The quantitative estimate of drug-likeness (QED) is 0.103. The Balaban J connectivity index is 2.17. The molecule has 5 atom stereocenters. The zero-order valence-corrected chi connectivity index (χ0v) is 20.5. The molecule has 0 aliphatic heterocycles. The maximum Gasteiger partial charge on any atom is 0.326 e. The topological polar surface area (TPSA) is 254 Å². The number of aromatic nitrogens is 4. The van der Waals surface area contributed by atoms with Gasteiger partial charge in [-0.05, 0) is 32.7 Å². The van der Waals surface area contributed by atoms with Crippen molar-refractivity contribution in [2.75, 3.05) is 6.54 Å². The van der Waals surface area contributed by atoms with E-state index in [2.05, 4.69) is 35.9 Å². The number of carboxylic acid groups (broad SMARTS) is 1. The van der Waals surface area contributed by atoms with Crippen LogP contribution in [0.2, 0.25) is 0 Å². The molecule has 0 aliphatic rings. The van der Waals surface area contributed by atoms with Gasteiger partial charge in [0.15, 0.2) is 0 Å². The molecule has 0 aliphatic carbocycles. The van der Waals surface area contributed by atoms with Crippen molar-refractivity contribution in [2.45, 2.75) is 69.3 Å². The van der Waals surface area contributed by atoms with E-state index in [9.17, 15) is 29.4 Å². The lowest BCUT2D eigenvalue weighted by Gasteiger charge is -2.25. The number of carboxylic acids is 1. The average molecular weight is 522 g/mol. The van der Waals surface area contributed by atoms with E-state index in [0.717, 1.165) is 0 Å². The van der Waals surface area contributed by atoms with Crippen molar-refractivity contribution in [2.24, 2.45) is 11.5 Å². The van der Waals surface area contributed by atoms with E-state index in [-0.39, 0.29) is 19.3 Å². The highest BCUT2D eigenvalue weighted by atomic mass is 16.4. The zero-order valence-electron chi connectivity index (χ0n) is 20.5. The zero-order chi connectivity index (χ0) is 27.4. The van der Waals surface area contributed by atoms with Crippen LogP contribution in [0.4, 0.5) is 0 Å². The Morgan fingerprint density at radius 1 is 0.892 bits per heavy atom. The molecule has 0 spiro atoms. The Bertz CT molecular complexity index is 996. The van der Waals surface area contributed by atoms with Gasteiger partial charge in [-0.1, -0.05) is 0 Å². The predicted molar refractivity (Wildman–Crippen MR) is 131 cm³/mol. The van der Waals surface area contributed by atoms with Gasteiger partial charge in [-0.15, -0.1) is 0 Å². The molecule has 0 aromatic carbocycles. The molecule has 0 saturated heterocycles. The highest BCUT2D eigenvalue weighted by Crippen LogP contribution is 2.07. The molecule has 0 saturated carbocycles. The predicted octanol–water partition coefficient (Wildman–Crippen LogP) is -2.71. The first kappa shape index (κ1) is 29.4. The van der Waals surface area contributed by atoms with Gasteiger partial charge in [-0.25, -0.2) is 14.8 Å². The molecule has 2 aromatic heterocycles. The average Bonchev–Trinajstić information content (AvgIpc) is 3.56. The largest absolute Gasteiger partial charge is 0.480 e. The Hall–Kier alpha value is -3.82. The molecule has 11 N–H and O–H groups in total. The van der Waals surface area contributed by atoms with Crippen LogP contribution in [0, 0.1) is 0 Å². The number of hydrogen-bond donors (Lipinski definition) is 9. The third-order valence-electron chi connectivity index (χ3n) is 5.61. The van der Waals surface area contributed by atoms with Crippen molar-refractivity contribution in [1.82, 2.24) is 35.9 Å². The van der Waals surface area contributed by atoms with Gasteiger partial charge >= 0.3 is 5.97 Å². The summed E-state index contributed by atoms with van der Waals surface area (Å²) in [5.74, 6) is -3.42. The minimum Gasteiger partial charge on any atom is -0.480 e. The summed E-state index contributed by atoms with van der Waals surface area (Å²) >= 11 is 0. The van der Waals surface area contributed by atoms with Gasteiger partial charge in [-0.3, -0.25) is 14.4 Å². The number of aliphatic hydroxyl groups is 1. The molecular weight excluding hydrogens is 486 g/mol. The van der Waals surface area contributed by atoms with E-state index in [1.54, 1.807) is 0 Å². The highest BCUT2D eigenvalue weighted by Gasteiger charge is 2.31. The van der Waals surface area contributed by atoms with Crippen molar-refractivity contribution >= 4 is 23.7 Å². The Kier molecular flexibility index (Phi) is 11.7. The normalized spacial score (nSPS) is 15.1. The molecule has 15 heteroatoms. The van der Waals surface area contributed by atoms with E-state index in [1.165, 1.54) is 32.0 Å². The Morgan fingerprint density at radius 3 is 1.89 bits per heavy atom. The van der Waals surface area contributed by atoms with Gasteiger partial charge in [0, 0.05) is 36.6 Å². The number of amides is 3. The van der Waals surface area contributed by atoms with Crippen LogP contribution in [0.1, 0.15) is 37.6 Å². The van der Waals surface area contributed by atoms with Crippen LogP contribution in [0.25, 0.3) is 0 Å². The maximum atomic E-state index is 13.2. The second-order valence-electron chi connectivity index (χ2n) is 8.63. The number of unbranched alkanes of at least 4 members (excludes halogenated alkanes) is 1. The molecule has 3 amide bonds. The second kappa shape index (κ2) is 14.7. The lowest BCUT2D eigenvalue weighted by Crippen LogP contribution is -2.58. The van der Waals surface area contributed by atoms with Gasteiger partial charge in [-0.2, -0.15) is 0 Å². The first-order valence-corrected chi connectivity index (χ1v) is 11.8. The van der Waals surface area contributed by atoms with Crippen molar-refractivity contribution in [3.8, 4) is 0 Å². The van der Waals surface area contributed by atoms with E-state index in [1.807, 2.05) is 0 Å². The Labute approximate surface area is 213 Å². The van der Waals surface area contributed by atoms with Crippen LogP contribution in [0.3, 0.4) is 0 Å². The van der Waals surface area contributed by atoms with Gasteiger partial charge in [0.05, 0.1) is 18.8 Å². The van der Waals surface area contributed by atoms with Crippen molar-refractivity contribution in [3.63, 3.8) is 0 Å². The summed E-state index contributed by atoms with van der Waals surface area (Å²) in [6.07, 6.45) is 5.76. The third-order valence-corrected chi connectivity index (χ3v) is 5.61. The lowest BCUT2D eigenvalue weighted by atomic mass is 10.0. The van der Waals surface area contributed by atoms with Crippen molar-refractivity contribution in [1.29, 1.82) is 0 Å². The number of rotatable bonds is 16. The number of aliphatic carboxylic acids is 1. The smallest absolute Gasteiger partial charge is 0.326 e. The molecule has 0 radical (unpaired) electrons. The van der Waals surface area contributed by atoms with Crippen LogP contribution < -0.4 is 27.4 Å². The summed E-state index contributed by atoms with van der Waals surface area (Å²) in [7, 11) is 0. The molecule has 2 heterocycles. The summed E-state index contributed by atoms with van der Waals surface area (Å²) in [5, 5.41) is 26.8. The first-order valence-electron chi connectivity index (χ1n) is 11.8. The summed E-state index contributed by atoms with van der Waals surface area (Å²) in [5.41, 5.74) is 12.3. The van der Waals surface area contributed by atoms with Crippen LogP contribution >= 0.6 is 0 Å². The standard InChI is InChI=1S/C22H35N9O6/c1-12(32)18(24)21(35)30-16(6-13-8-25-10-27-13)20(34)29-15(4-2-3-5-23)19(33)31-17(22(36)37)7-14-9-26-11-28-14/h8-12,15-18,32H,2-7,23-24H2,1H3,(H,25,27)(H,26,28)(H,29,34)(H,30,35)(H,31,33)(H,36,37). The molecular formula is C22H35N9O6. The number of carbonyl (C=O) groups excluding carboxylic acids is 3. The lowest BCUT2D eigenvalue weighted by molar-refractivity contribution is -0.142. The van der Waals surface area contributed by atoms with Gasteiger partial charge in [0.2, 0.25) is 17.7 Å². The molecule has 5 unspecified atom stereocenters. The van der Waals surface area contributed by atoms with Crippen molar-refractivity contribution < 1.29 is 29.4 Å². The minimum absolute atomic E-state index is 0.00117. The number of nitrogens with one attached hydrogen (secondary N) is 5. The van der Waals surface area contributed by atoms with Gasteiger partial charge in [0.1, 0.15) is 24.2 Å². The molecule has 204 valence electrons. The summed E-state index contributed by atoms with van der Waals surface area (Å²) < 4.78 is 0. The van der Waals surface area contributed by atoms with Gasteiger partial charge in [0.25, 0.3) is 0 Å². The number of imidazole rings is 2. The van der Waals surface area contributed by atoms with Crippen LogP contribution in [-0.4, -0.2) is 90.7 Å². The van der Waals surface area contributed by atoms with E-state index >= 15 is 0 Å². The molecule has 15 nitrogen and oxygen atoms in total. The summed E-state index contributed by atoms with van der Waals surface area (Å²) in [4.78, 5) is 63.9. The second-order valence-corrected chi connectivity index (χ2v) is 8.63. The van der Waals surface area contributed by atoms with E-state index in [0.29, 0.717) is 30.8 Å². The molecule has 0 fully saturated rings. The molecule has 2 aromatic rings. The number of carbonyl (C=O) groups is 4. The fourth-order valence-corrected chi connectivity index (χ4v) is 3.44. The Morgan fingerprint density at radius 2 is 1.41 bits per heavy atom. The molecule has 37 heavy (non-hydrogen) atoms.